The summed E-state index contributed by atoms with van der Waals surface area (Å²) in [6.07, 6.45) is 5.95. The second kappa shape index (κ2) is 17.1. The van der Waals surface area contributed by atoms with Crippen LogP contribution in [0.3, 0.4) is 0 Å². The summed E-state index contributed by atoms with van der Waals surface area (Å²) in [6.45, 7) is 9.37. The number of ether oxygens (including phenoxy) is 5. The van der Waals surface area contributed by atoms with Crippen molar-refractivity contribution in [2.75, 3.05) is 14.2 Å². The third-order valence-electron chi connectivity index (χ3n) is 7.47. The van der Waals surface area contributed by atoms with E-state index in [-0.39, 0.29) is 19.3 Å². The minimum atomic E-state index is -1.65. The van der Waals surface area contributed by atoms with Gasteiger partial charge in [0.15, 0.2) is 6.10 Å². The average molecular weight is 587 g/mol. The van der Waals surface area contributed by atoms with Gasteiger partial charge in [-0.05, 0) is 49.8 Å². The summed E-state index contributed by atoms with van der Waals surface area (Å²) in [5.41, 5.74) is 0.354. The normalized spacial score (nSPS) is 23.3. The van der Waals surface area contributed by atoms with Gasteiger partial charge in [-0.3, -0.25) is 9.59 Å². The summed E-state index contributed by atoms with van der Waals surface area (Å²) >= 11 is 0. The summed E-state index contributed by atoms with van der Waals surface area (Å²) in [7, 11) is 2.67. The molecule has 1 saturated heterocycles. The molecule has 0 saturated carbocycles. The van der Waals surface area contributed by atoms with Gasteiger partial charge in [-0.15, -0.1) is 6.58 Å². The molecule has 0 aliphatic carbocycles. The lowest BCUT2D eigenvalue weighted by Crippen LogP contribution is -2.63. The minimum absolute atomic E-state index is 0.134. The smallest absolute Gasteiger partial charge is 0.330 e. The number of allylic oxidation sites excluding steroid dienone is 2. The topological polar surface area (TPSA) is 118 Å². The summed E-state index contributed by atoms with van der Waals surface area (Å²) in [5, 5.41) is 11.1. The fraction of sp³-hybridized carbons (Fsp3) is 0.545. The Morgan fingerprint density at radius 3 is 2.55 bits per heavy atom. The third kappa shape index (κ3) is 9.73. The van der Waals surface area contributed by atoms with E-state index in [4.69, 9.17) is 23.7 Å². The number of hydrogen-bond donors (Lipinski definition) is 1. The van der Waals surface area contributed by atoms with E-state index >= 15 is 0 Å². The van der Waals surface area contributed by atoms with Crippen LogP contribution in [0.4, 0.5) is 0 Å². The first-order valence-electron chi connectivity index (χ1n) is 14.3. The fourth-order valence-corrected chi connectivity index (χ4v) is 5.02. The Kier molecular flexibility index (Phi) is 14.3. The second-order valence-electron chi connectivity index (χ2n) is 11.0. The predicted molar refractivity (Wildman–Crippen MR) is 158 cm³/mol. The van der Waals surface area contributed by atoms with Crippen molar-refractivity contribution in [1.82, 2.24) is 0 Å². The highest BCUT2D eigenvalue weighted by Crippen LogP contribution is 2.48. The number of hydrogen-bond acceptors (Lipinski definition) is 9. The molecule has 2 rings (SSSR count). The van der Waals surface area contributed by atoms with Crippen molar-refractivity contribution in [1.29, 1.82) is 0 Å². The Morgan fingerprint density at radius 2 is 1.93 bits per heavy atom. The first kappa shape index (κ1) is 35.1. The second-order valence-corrected chi connectivity index (χ2v) is 11.0. The Morgan fingerprint density at radius 1 is 1.21 bits per heavy atom. The zero-order valence-corrected chi connectivity index (χ0v) is 25.5. The van der Waals surface area contributed by atoms with Crippen LogP contribution in [0.25, 0.3) is 0 Å². The van der Waals surface area contributed by atoms with Gasteiger partial charge >= 0.3 is 11.9 Å². The van der Waals surface area contributed by atoms with E-state index in [2.05, 4.69) is 6.58 Å². The van der Waals surface area contributed by atoms with Crippen molar-refractivity contribution in [2.24, 2.45) is 5.41 Å². The van der Waals surface area contributed by atoms with E-state index in [1.165, 1.54) is 26.4 Å². The van der Waals surface area contributed by atoms with Crippen LogP contribution in [0.2, 0.25) is 0 Å². The molecular weight excluding hydrogens is 540 g/mol. The van der Waals surface area contributed by atoms with E-state index in [0.717, 1.165) is 18.4 Å². The summed E-state index contributed by atoms with van der Waals surface area (Å²) < 4.78 is 29.4. The quantitative estimate of drug-likeness (QED) is 0.0883. The molecule has 0 unspecified atom stereocenters. The molecule has 1 aromatic rings. The number of aliphatic hydroxyl groups is 1. The Hall–Kier alpha value is -3.11. The summed E-state index contributed by atoms with van der Waals surface area (Å²) in [4.78, 5) is 36.8. The van der Waals surface area contributed by atoms with Crippen molar-refractivity contribution in [3.05, 3.63) is 72.4 Å². The molecule has 9 nitrogen and oxygen atoms in total. The molecule has 1 aliphatic rings. The van der Waals surface area contributed by atoms with Gasteiger partial charge in [-0.2, -0.15) is 0 Å². The molecule has 1 heterocycles. The van der Waals surface area contributed by atoms with E-state index in [1.54, 1.807) is 32.9 Å². The van der Waals surface area contributed by atoms with Gasteiger partial charge in [0.1, 0.15) is 6.29 Å². The number of esters is 2. The van der Waals surface area contributed by atoms with Gasteiger partial charge in [-0.25, -0.2) is 4.79 Å². The van der Waals surface area contributed by atoms with Crippen LogP contribution < -0.4 is 0 Å². The van der Waals surface area contributed by atoms with Crippen LogP contribution in [0.5, 0.6) is 0 Å². The number of benzene rings is 1. The molecule has 1 aromatic carbocycles. The van der Waals surface area contributed by atoms with Gasteiger partial charge in [-0.1, -0.05) is 56.3 Å². The van der Waals surface area contributed by atoms with E-state index in [1.807, 2.05) is 30.3 Å². The zero-order chi connectivity index (χ0) is 31.2. The van der Waals surface area contributed by atoms with Crippen LogP contribution >= 0.6 is 0 Å². The molecule has 0 amide bonds. The van der Waals surface area contributed by atoms with Crippen LogP contribution in [-0.2, 0) is 44.7 Å². The predicted octanol–water partition coefficient (Wildman–Crippen LogP) is 5.01. The van der Waals surface area contributed by atoms with Gasteiger partial charge in [0.25, 0.3) is 0 Å². The molecule has 0 radical (unpaired) electrons. The van der Waals surface area contributed by atoms with Gasteiger partial charge in [0.2, 0.25) is 5.79 Å². The Balaban J connectivity index is 2.41. The SMILES string of the molecule is C=CCCCCC(=O)O[C@H]1C(=CC(=O)OC)C[C@@H](C[C@@H](O)[C@@H](C)OCc2ccccc2)O[C@@]1(OC)C(C)(C)C=CC=O. The lowest BCUT2D eigenvalue weighted by atomic mass is 9.74. The Labute approximate surface area is 249 Å². The number of carbonyl (C=O) groups is 3. The van der Waals surface area contributed by atoms with Crippen LogP contribution in [-0.4, -0.2) is 67.8 Å². The zero-order valence-electron chi connectivity index (χ0n) is 25.5. The van der Waals surface area contributed by atoms with Crippen molar-refractivity contribution in [3.63, 3.8) is 0 Å². The standard InChI is InChI=1S/C33H46O9/c1-7-8-9-13-17-29(36)41-31-26(21-30(37)38-5)20-27(42-33(31,39-6)32(3,4)18-14-19-34)22-28(35)24(2)40-23-25-15-11-10-12-16-25/h7,10-12,14-16,18-19,21,24,27-28,31,35H,1,8-9,13,17,20,22-23H2,2-6H3/t24-,27+,28-,31+,33-/m1/s1. The molecule has 42 heavy (non-hydrogen) atoms. The number of carbonyl (C=O) groups excluding carboxylic acids is 3. The molecule has 9 heteroatoms. The van der Waals surface area contributed by atoms with Crippen LogP contribution in [0, 0.1) is 5.41 Å². The highest BCUT2D eigenvalue weighted by atomic mass is 16.7. The molecule has 232 valence electrons. The number of unbranched alkanes of at least 4 members (excludes halogenated alkanes) is 2. The lowest BCUT2D eigenvalue weighted by Gasteiger charge is -2.53. The molecule has 0 spiro atoms. The molecule has 1 N–H and O–H groups in total. The molecular formula is C33H46O9. The fourth-order valence-electron chi connectivity index (χ4n) is 5.02. The summed E-state index contributed by atoms with van der Waals surface area (Å²) in [6, 6.07) is 9.63. The maximum atomic E-state index is 13.0. The van der Waals surface area contributed by atoms with E-state index in [0.29, 0.717) is 24.9 Å². The number of rotatable bonds is 17. The maximum Gasteiger partial charge on any atom is 0.330 e. The summed E-state index contributed by atoms with van der Waals surface area (Å²) in [5.74, 6) is -2.77. The largest absolute Gasteiger partial charge is 0.466 e. The first-order chi connectivity index (χ1) is 20.0. The van der Waals surface area contributed by atoms with Crippen molar-refractivity contribution in [2.45, 2.75) is 96.1 Å². The number of aldehydes is 1. The van der Waals surface area contributed by atoms with E-state index in [9.17, 15) is 19.5 Å². The van der Waals surface area contributed by atoms with Crippen molar-refractivity contribution in [3.8, 4) is 0 Å². The highest BCUT2D eigenvalue weighted by molar-refractivity contribution is 5.83. The lowest BCUT2D eigenvalue weighted by molar-refractivity contribution is -0.338. The number of methoxy groups -OCH3 is 2. The molecule has 1 fully saturated rings. The third-order valence-corrected chi connectivity index (χ3v) is 7.47. The first-order valence-corrected chi connectivity index (χ1v) is 14.3. The van der Waals surface area contributed by atoms with Crippen LogP contribution in [0.15, 0.2) is 66.8 Å². The average Bonchev–Trinajstić information content (AvgIpc) is 2.98. The molecule has 5 atom stereocenters. The molecule has 1 aliphatic heterocycles. The maximum absolute atomic E-state index is 13.0. The molecule has 0 bridgehead atoms. The Bertz CT molecular complexity index is 1080. The van der Waals surface area contributed by atoms with Crippen molar-refractivity contribution >= 4 is 18.2 Å². The minimum Gasteiger partial charge on any atom is -0.466 e. The molecule has 0 aromatic heterocycles. The van der Waals surface area contributed by atoms with E-state index < -0.39 is 47.6 Å². The number of aliphatic hydroxyl groups excluding tert-OH is 1. The van der Waals surface area contributed by atoms with Gasteiger partial charge in [0.05, 0.1) is 32.0 Å². The van der Waals surface area contributed by atoms with Gasteiger partial charge < -0.3 is 28.8 Å². The highest BCUT2D eigenvalue weighted by Gasteiger charge is 2.59. The van der Waals surface area contributed by atoms with Crippen LogP contribution in [0.1, 0.15) is 64.9 Å². The van der Waals surface area contributed by atoms with Gasteiger partial charge in [0, 0.05) is 31.4 Å². The van der Waals surface area contributed by atoms with Crippen molar-refractivity contribution < 1.29 is 43.2 Å². The monoisotopic (exact) mass is 586 g/mol.